The van der Waals surface area contributed by atoms with Crippen LogP contribution in [-0.4, -0.2) is 4.57 Å². The van der Waals surface area contributed by atoms with Gasteiger partial charge < -0.3 is 8.98 Å². The largest absolute Gasteiger partial charge is 0.456 e. The number of aromatic nitrogens is 1. The van der Waals surface area contributed by atoms with E-state index in [-0.39, 0.29) is 5.54 Å². The van der Waals surface area contributed by atoms with Crippen LogP contribution in [0.5, 0.6) is 0 Å². The molecule has 0 amide bonds. The molecule has 0 spiro atoms. The van der Waals surface area contributed by atoms with Gasteiger partial charge in [-0.05, 0) is 61.9 Å². The third-order valence-electron chi connectivity index (χ3n) is 5.81. The summed E-state index contributed by atoms with van der Waals surface area (Å²) in [6.07, 6.45) is 0. The summed E-state index contributed by atoms with van der Waals surface area (Å²) >= 11 is 0. The van der Waals surface area contributed by atoms with Gasteiger partial charge in [0.05, 0.1) is 11.0 Å². The van der Waals surface area contributed by atoms with Crippen LogP contribution in [0.3, 0.4) is 0 Å². The van der Waals surface area contributed by atoms with E-state index in [4.69, 9.17) is 4.42 Å². The first-order valence-electron chi connectivity index (χ1n) is 9.80. The first-order chi connectivity index (χ1) is 13.5. The molecule has 0 aliphatic heterocycles. The van der Waals surface area contributed by atoms with E-state index in [1.165, 1.54) is 43.4 Å². The van der Waals surface area contributed by atoms with Crippen LogP contribution in [-0.2, 0) is 5.54 Å². The minimum absolute atomic E-state index is 0.0321. The smallest absolute Gasteiger partial charge is 0.136 e. The Hall–Kier alpha value is -3.26. The Balaban J connectivity index is 1.96. The first-order valence-corrected chi connectivity index (χ1v) is 9.80. The van der Waals surface area contributed by atoms with Crippen LogP contribution < -0.4 is 0 Å². The van der Waals surface area contributed by atoms with E-state index in [9.17, 15) is 0 Å². The quantitative estimate of drug-likeness (QED) is 0.272. The molecule has 0 atom stereocenters. The van der Waals surface area contributed by atoms with Gasteiger partial charge in [0.15, 0.2) is 0 Å². The molecule has 136 valence electrons. The standard InChI is InChI=1S/C26H21NO/c1-26(2,3)27-20-12-13-23-25(18-10-6-7-11-22(18)28-23)24(20)19-14-16-8-4-5-9-17(16)15-21(19)27/h4-15H,1-3H3. The summed E-state index contributed by atoms with van der Waals surface area (Å²) in [6.45, 7) is 6.83. The number of hydrogen-bond acceptors (Lipinski definition) is 1. The third-order valence-corrected chi connectivity index (χ3v) is 5.81. The third kappa shape index (κ3) is 1.98. The SMILES string of the molecule is CC(C)(C)n1c2cc3ccccc3cc2c2c3c(ccc21)oc1ccccc13. The molecule has 0 aliphatic carbocycles. The van der Waals surface area contributed by atoms with Gasteiger partial charge in [-0.2, -0.15) is 0 Å². The van der Waals surface area contributed by atoms with Crippen LogP contribution in [0.4, 0.5) is 0 Å². The normalized spacial score (nSPS) is 12.8. The number of hydrogen-bond donors (Lipinski definition) is 0. The van der Waals surface area contributed by atoms with Crippen molar-refractivity contribution in [2.45, 2.75) is 26.3 Å². The molecule has 0 saturated heterocycles. The average Bonchev–Trinajstić information content (AvgIpc) is 3.20. The van der Waals surface area contributed by atoms with Gasteiger partial charge in [-0.1, -0.05) is 42.5 Å². The van der Waals surface area contributed by atoms with Crippen LogP contribution in [0.25, 0.3) is 54.5 Å². The molecule has 28 heavy (non-hydrogen) atoms. The summed E-state index contributed by atoms with van der Waals surface area (Å²) < 4.78 is 8.66. The highest BCUT2D eigenvalue weighted by Crippen LogP contribution is 2.42. The lowest BCUT2D eigenvalue weighted by Crippen LogP contribution is -2.21. The molecule has 0 aliphatic rings. The Kier molecular flexibility index (Phi) is 2.91. The summed E-state index contributed by atoms with van der Waals surface area (Å²) in [7, 11) is 0. The van der Waals surface area contributed by atoms with Crippen molar-refractivity contribution >= 4 is 54.5 Å². The highest BCUT2D eigenvalue weighted by molar-refractivity contribution is 6.28. The average molecular weight is 363 g/mol. The van der Waals surface area contributed by atoms with Crippen LogP contribution in [0.2, 0.25) is 0 Å². The molecule has 2 nitrogen and oxygen atoms in total. The molecule has 0 unspecified atom stereocenters. The van der Waals surface area contributed by atoms with Gasteiger partial charge in [0, 0.05) is 27.1 Å². The second-order valence-corrected chi connectivity index (χ2v) is 8.65. The van der Waals surface area contributed by atoms with Crippen molar-refractivity contribution in [1.29, 1.82) is 0 Å². The van der Waals surface area contributed by atoms with E-state index >= 15 is 0 Å². The minimum Gasteiger partial charge on any atom is -0.456 e. The Morgan fingerprint density at radius 1 is 0.643 bits per heavy atom. The Bertz CT molecular complexity index is 1540. The topological polar surface area (TPSA) is 18.1 Å². The summed E-state index contributed by atoms with van der Waals surface area (Å²) in [5, 5.41) is 7.53. The fraction of sp³-hybridized carbons (Fsp3) is 0.154. The van der Waals surface area contributed by atoms with Gasteiger partial charge >= 0.3 is 0 Å². The van der Waals surface area contributed by atoms with Crippen molar-refractivity contribution in [3.63, 3.8) is 0 Å². The molecular formula is C26H21NO. The lowest BCUT2D eigenvalue weighted by atomic mass is 10.0. The van der Waals surface area contributed by atoms with Crippen LogP contribution in [0.15, 0.2) is 77.2 Å². The Labute approximate surface area is 163 Å². The number of rotatable bonds is 0. The van der Waals surface area contributed by atoms with Gasteiger partial charge in [-0.3, -0.25) is 0 Å². The minimum atomic E-state index is -0.0321. The van der Waals surface area contributed by atoms with Gasteiger partial charge in [-0.15, -0.1) is 0 Å². The fourth-order valence-electron chi connectivity index (χ4n) is 4.73. The zero-order chi connectivity index (χ0) is 19.0. The molecular weight excluding hydrogens is 342 g/mol. The molecule has 6 aromatic rings. The number of nitrogens with zero attached hydrogens (tertiary/aromatic N) is 1. The van der Waals surface area contributed by atoms with Gasteiger partial charge in [0.25, 0.3) is 0 Å². The van der Waals surface area contributed by atoms with E-state index in [1.54, 1.807) is 0 Å². The molecule has 0 fully saturated rings. The molecule has 0 radical (unpaired) electrons. The summed E-state index contributed by atoms with van der Waals surface area (Å²) in [5.74, 6) is 0. The second kappa shape index (κ2) is 5.17. The monoisotopic (exact) mass is 363 g/mol. The number of fused-ring (bicyclic) bond motifs is 8. The summed E-state index contributed by atoms with van der Waals surface area (Å²) in [4.78, 5) is 0. The highest BCUT2D eigenvalue weighted by atomic mass is 16.3. The molecule has 0 N–H and O–H groups in total. The van der Waals surface area contributed by atoms with Gasteiger partial charge in [-0.25, -0.2) is 0 Å². The van der Waals surface area contributed by atoms with E-state index < -0.39 is 0 Å². The second-order valence-electron chi connectivity index (χ2n) is 8.65. The van der Waals surface area contributed by atoms with E-state index in [0.29, 0.717) is 0 Å². The van der Waals surface area contributed by atoms with E-state index in [0.717, 1.165) is 11.2 Å². The van der Waals surface area contributed by atoms with Crippen LogP contribution in [0, 0.1) is 0 Å². The van der Waals surface area contributed by atoms with Crippen molar-refractivity contribution in [3.8, 4) is 0 Å². The number of benzene rings is 4. The fourth-order valence-corrected chi connectivity index (χ4v) is 4.73. The zero-order valence-electron chi connectivity index (χ0n) is 16.3. The molecule has 6 rings (SSSR count). The maximum atomic E-state index is 6.18. The maximum Gasteiger partial charge on any atom is 0.136 e. The van der Waals surface area contributed by atoms with Crippen molar-refractivity contribution in [3.05, 3.63) is 72.8 Å². The molecule has 2 heteroatoms. The molecule has 2 heterocycles. The lowest BCUT2D eigenvalue weighted by Gasteiger charge is -2.24. The molecule has 2 aromatic heterocycles. The molecule has 0 saturated carbocycles. The van der Waals surface area contributed by atoms with Crippen LogP contribution >= 0.6 is 0 Å². The number of furan rings is 1. The zero-order valence-corrected chi connectivity index (χ0v) is 16.3. The maximum absolute atomic E-state index is 6.18. The highest BCUT2D eigenvalue weighted by Gasteiger charge is 2.23. The van der Waals surface area contributed by atoms with Crippen molar-refractivity contribution in [1.82, 2.24) is 4.57 Å². The predicted molar refractivity (Wildman–Crippen MR) is 119 cm³/mol. The summed E-state index contributed by atoms with van der Waals surface area (Å²) in [5.41, 5.74) is 4.41. The Morgan fingerprint density at radius 3 is 2.14 bits per heavy atom. The predicted octanol–water partition coefficient (Wildman–Crippen LogP) is 7.60. The van der Waals surface area contributed by atoms with Gasteiger partial charge in [0.1, 0.15) is 11.2 Å². The van der Waals surface area contributed by atoms with E-state index in [1.807, 2.05) is 6.07 Å². The molecule has 0 bridgehead atoms. The van der Waals surface area contributed by atoms with Crippen LogP contribution in [0.1, 0.15) is 20.8 Å². The lowest BCUT2D eigenvalue weighted by molar-refractivity contribution is 0.423. The van der Waals surface area contributed by atoms with Gasteiger partial charge in [0.2, 0.25) is 0 Å². The van der Waals surface area contributed by atoms with Crippen molar-refractivity contribution in [2.75, 3.05) is 0 Å². The van der Waals surface area contributed by atoms with Crippen molar-refractivity contribution in [2.24, 2.45) is 0 Å². The number of para-hydroxylation sites is 1. The van der Waals surface area contributed by atoms with E-state index in [2.05, 4.69) is 92.1 Å². The molecule has 4 aromatic carbocycles. The van der Waals surface area contributed by atoms with Crippen molar-refractivity contribution < 1.29 is 4.42 Å². The Morgan fingerprint density at radius 2 is 1.36 bits per heavy atom. The first kappa shape index (κ1) is 15.8. The summed E-state index contributed by atoms with van der Waals surface area (Å²) in [6, 6.07) is 26.0.